The zero-order valence-electron chi connectivity index (χ0n) is 9.96. The van der Waals surface area contributed by atoms with Crippen LogP contribution < -0.4 is 10.6 Å². The highest BCUT2D eigenvalue weighted by Crippen LogP contribution is 2.31. The van der Waals surface area contributed by atoms with Gasteiger partial charge in [-0.2, -0.15) is 13.2 Å². The minimum atomic E-state index is -4.51. The molecule has 2 N–H and O–H groups in total. The van der Waals surface area contributed by atoms with Crippen molar-refractivity contribution in [2.45, 2.75) is 6.18 Å². The van der Waals surface area contributed by atoms with E-state index in [9.17, 15) is 18.0 Å². The van der Waals surface area contributed by atoms with Crippen molar-refractivity contribution in [2.75, 3.05) is 19.6 Å². The molecule has 0 aromatic heterocycles. The van der Waals surface area contributed by atoms with Crippen LogP contribution in [0.15, 0.2) is 24.3 Å². The van der Waals surface area contributed by atoms with Crippen molar-refractivity contribution in [2.24, 2.45) is 5.92 Å². The minimum absolute atomic E-state index is 0. The molecule has 1 aromatic carbocycles. The minimum Gasteiger partial charge on any atom is -0.352 e. The lowest BCUT2D eigenvalue weighted by molar-refractivity contribution is -0.137. The third-order valence-corrected chi connectivity index (χ3v) is 2.89. The first-order valence-corrected chi connectivity index (χ1v) is 5.63. The lowest BCUT2D eigenvalue weighted by Crippen LogP contribution is -2.48. The quantitative estimate of drug-likeness (QED) is 0.896. The summed E-state index contributed by atoms with van der Waals surface area (Å²) in [4.78, 5) is 11.7. The lowest BCUT2D eigenvalue weighted by atomic mass is 10.0. The third kappa shape index (κ3) is 3.84. The first-order valence-electron chi connectivity index (χ1n) is 5.63. The first-order chi connectivity index (χ1) is 8.48. The Kier molecular flexibility index (Phi) is 5.20. The van der Waals surface area contributed by atoms with Crippen molar-refractivity contribution in [3.63, 3.8) is 0 Å². The van der Waals surface area contributed by atoms with Gasteiger partial charge in [-0.25, -0.2) is 0 Å². The van der Waals surface area contributed by atoms with Crippen LogP contribution in [0.1, 0.15) is 15.9 Å². The molecule has 1 saturated heterocycles. The van der Waals surface area contributed by atoms with Crippen LogP contribution in [0.2, 0.25) is 0 Å². The van der Waals surface area contributed by atoms with Gasteiger partial charge < -0.3 is 10.6 Å². The van der Waals surface area contributed by atoms with E-state index in [1.165, 1.54) is 18.2 Å². The summed E-state index contributed by atoms with van der Waals surface area (Å²) in [5.74, 6) is -0.359. The van der Waals surface area contributed by atoms with Gasteiger partial charge in [-0.15, -0.1) is 12.4 Å². The van der Waals surface area contributed by atoms with E-state index in [1.54, 1.807) is 0 Å². The summed E-state index contributed by atoms with van der Waals surface area (Å²) in [6, 6.07) is 4.81. The van der Waals surface area contributed by atoms with Crippen molar-refractivity contribution < 1.29 is 18.0 Å². The van der Waals surface area contributed by atoms with Crippen LogP contribution >= 0.6 is 12.4 Å². The highest BCUT2D eigenvalue weighted by molar-refractivity contribution is 5.95. The molecule has 0 atom stereocenters. The van der Waals surface area contributed by atoms with Gasteiger partial charge in [0.15, 0.2) is 0 Å². The second kappa shape index (κ2) is 6.25. The van der Waals surface area contributed by atoms with Gasteiger partial charge in [0.05, 0.1) is 11.1 Å². The number of hydrogen-bond acceptors (Lipinski definition) is 2. The largest absolute Gasteiger partial charge is 0.417 e. The van der Waals surface area contributed by atoms with Gasteiger partial charge in [-0.1, -0.05) is 12.1 Å². The molecule has 106 valence electrons. The first kappa shape index (κ1) is 15.8. The van der Waals surface area contributed by atoms with Gasteiger partial charge >= 0.3 is 6.18 Å². The summed E-state index contributed by atoms with van der Waals surface area (Å²) >= 11 is 0. The number of carbonyl (C=O) groups excluding carboxylic acids is 1. The Hall–Kier alpha value is -1.27. The zero-order chi connectivity index (χ0) is 13.2. The smallest absolute Gasteiger partial charge is 0.352 e. The Balaban J connectivity index is 0.00000180. The fourth-order valence-electron chi connectivity index (χ4n) is 1.75. The molecule has 19 heavy (non-hydrogen) atoms. The van der Waals surface area contributed by atoms with Crippen molar-refractivity contribution >= 4 is 18.3 Å². The molecule has 7 heteroatoms. The Labute approximate surface area is 115 Å². The maximum Gasteiger partial charge on any atom is 0.417 e. The second-order valence-electron chi connectivity index (χ2n) is 4.28. The number of carbonyl (C=O) groups is 1. The van der Waals surface area contributed by atoms with E-state index in [4.69, 9.17) is 0 Å². The molecular weight excluding hydrogens is 281 g/mol. The number of alkyl halides is 3. The standard InChI is InChI=1S/C12H13F3N2O.ClH/c13-12(14,15)10-4-2-1-3-9(10)11(18)17-7-8-5-16-6-8;/h1-4,8,16H,5-7H2,(H,17,18);1H. The molecule has 0 aliphatic carbocycles. The Bertz CT molecular complexity index is 447. The van der Waals surface area contributed by atoms with E-state index >= 15 is 0 Å². The molecule has 3 nitrogen and oxygen atoms in total. The van der Waals surface area contributed by atoms with E-state index in [1.807, 2.05) is 0 Å². The number of hydrogen-bond donors (Lipinski definition) is 2. The summed E-state index contributed by atoms with van der Waals surface area (Å²) in [5, 5.41) is 5.56. The monoisotopic (exact) mass is 294 g/mol. The van der Waals surface area contributed by atoms with Crippen molar-refractivity contribution in [3.05, 3.63) is 35.4 Å². The highest BCUT2D eigenvalue weighted by atomic mass is 35.5. The Morgan fingerprint density at radius 3 is 2.47 bits per heavy atom. The fourth-order valence-corrected chi connectivity index (χ4v) is 1.75. The summed E-state index contributed by atoms with van der Waals surface area (Å²) < 4.78 is 38.1. The summed E-state index contributed by atoms with van der Waals surface area (Å²) in [6.07, 6.45) is -4.51. The van der Waals surface area contributed by atoms with Crippen LogP contribution in [-0.2, 0) is 6.18 Å². The van der Waals surface area contributed by atoms with E-state index < -0.39 is 17.6 Å². The molecule has 1 aromatic rings. The zero-order valence-corrected chi connectivity index (χ0v) is 10.8. The third-order valence-electron chi connectivity index (χ3n) is 2.89. The highest BCUT2D eigenvalue weighted by Gasteiger charge is 2.34. The van der Waals surface area contributed by atoms with Crippen LogP contribution in [0.25, 0.3) is 0 Å². The Morgan fingerprint density at radius 2 is 1.95 bits per heavy atom. The lowest BCUT2D eigenvalue weighted by Gasteiger charge is -2.27. The Morgan fingerprint density at radius 1 is 1.32 bits per heavy atom. The van der Waals surface area contributed by atoms with E-state index in [0.717, 1.165) is 19.2 Å². The molecule has 1 aliphatic rings. The van der Waals surface area contributed by atoms with Gasteiger partial charge in [-0.3, -0.25) is 4.79 Å². The number of rotatable bonds is 3. The number of nitrogens with one attached hydrogen (secondary N) is 2. The average molecular weight is 295 g/mol. The predicted molar refractivity (Wildman–Crippen MR) is 67.4 cm³/mol. The summed E-state index contributed by atoms with van der Waals surface area (Å²) in [5.41, 5.74) is -1.22. The maximum atomic E-state index is 12.7. The molecule has 0 unspecified atom stereocenters. The molecular formula is C12H14ClF3N2O. The van der Waals surface area contributed by atoms with Gasteiger partial charge in [0.2, 0.25) is 0 Å². The van der Waals surface area contributed by atoms with Crippen LogP contribution in [0.4, 0.5) is 13.2 Å². The van der Waals surface area contributed by atoms with Crippen molar-refractivity contribution in [1.29, 1.82) is 0 Å². The fraction of sp³-hybridized carbons (Fsp3) is 0.417. The van der Waals surface area contributed by atoms with E-state index in [2.05, 4.69) is 10.6 Å². The molecule has 1 fully saturated rings. The number of amides is 1. The van der Waals surface area contributed by atoms with Crippen LogP contribution in [0, 0.1) is 5.92 Å². The second-order valence-corrected chi connectivity index (χ2v) is 4.28. The SMILES string of the molecule is Cl.O=C(NCC1CNC1)c1ccccc1C(F)(F)F. The maximum absolute atomic E-state index is 12.7. The van der Waals surface area contributed by atoms with Crippen LogP contribution in [-0.4, -0.2) is 25.5 Å². The van der Waals surface area contributed by atoms with E-state index in [0.29, 0.717) is 12.5 Å². The van der Waals surface area contributed by atoms with Crippen molar-refractivity contribution in [3.8, 4) is 0 Å². The molecule has 0 bridgehead atoms. The van der Waals surface area contributed by atoms with Gasteiger partial charge in [0, 0.05) is 25.6 Å². The molecule has 0 saturated carbocycles. The summed E-state index contributed by atoms with van der Waals surface area (Å²) in [7, 11) is 0. The van der Waals surface area contributed by atoms with Crippen molar-refractivity contribution in [1.82, 2.24) is 10.6 Å². The van der Waals surface area contributed by atoms with Gasteiger partial charge in [0.1, 0.15) is 0 Å². The summed E-state index contributed by atoms with van der Waals surface area (Å²) in [6.45, 7) is 1.99. The predicted octanol–water partition coefficient (Wildman–Crippen LogP) is 2.08. The normalized spacial score (nSPS) is 15.3. The molecule has 1 amide bonds. The average Bonchev–Trinajstić information content (AvgIpc) is 2.25. The molecule has 1 heterocycles. The van der Waals surface area contributed by atoms with Gasteiger partial charge in [-0.05, 0) is 12.1 Å². The van der Waals surface area contributed by atoms with E-state index in [-0.39, 0.29) is 18.0 Å². The van der Waals surface area contributed by atoms with Crippen LogP contribution in [0.5, 0.6) is 0 Å². The number of halogens is 4. The van der Waals surface area contributed by atoms with Crippen LogP contribution in [0.3, 0.4) is 0 Å². The molecule has 0 radical (unpaired) electrons. The topological polar surface area (TPSA) is 41.1 Å². The van der Waals surface area contributed by atoms with Gasteiger partial charge in [0.25, 0.3) is 5.91 Å². The number of benzene rings is 1. The molecule has 2 rings (SSSR count). The molecule has 0 spiro atoms. The molecule has 1 aliphatic heterocycles.